The van der Waals surface area contributed by atoms with Crippen LogP contribution in [0.25, 0.3) is 0 Å². The molecule has 6 nitrogen and oxygen atoms in total. The SMILES string of the molecule is Cc1nc(Cl)c(C=O)c(NCC2CN(C)CCN2C)n1. The summed E-state index contributed by atoms with van der Waals surface area (Å²) < 4.78 is 0. The third kappa shape index (κ3) is 3.45. The zero-order valence-electron chi connectivity index (χ0n) is 12.1. The summed E-state index contributed by atoms with van der Waals surface area (Å²) in [5, 5.41) is 3.43. The van der Waals surface area contributed by atoms with E-state index >= 15 is 0 Å². The normalized spacial score (nSPS) is 20.9. The lowest BCUT2D eigenvalue weighted by molar-refractivity contribution is 0.112. The number of anilines is 1. The lowest BCUT2D eigenvalue weighted by Gasteiger charge is -2.37. The maximum absolute atomic E-state index is 11.1. The van der Waals surface area contributed by atoms with Crippen molar-refractivity contribution in [2.24, 2.45) is 0 Å². The van der Waals surface area contributed by atoms with Gasteiger partial charge in [0, 0.05) is 32.2 Å². The van der Waals surface area contributed by atoms with Crippen molar-refractivity contribution in [3.63, 3.8) is 0 Å². The number of rotatable bonds is 4. The number of aromatic nitrogens is 2. The number of piperazine rings is 1. The first-order chi connectivity index (χ1) is 9.51. The van der Waals surface area contributed by atoms with Crippen LogP contribution in [0.15, 0.2) is 0 Å². The van der Waals surface area contributed by atoms with E-state index in [1.54, 1.807) is 6.92 Å². The number of hydrogen-bond donors (Lipinski definition) is 1. The molecule has 1 fully saturated rings. The van der Waals surface area contributed by atoms with Crippen LogP contribution in [-0.2, 0) is 0 Å². The lowest BCUT2D eigenvalue weighted by Crippen LogP contribution is -2.52. The molecule has 0 saturated carbocycles. The fourth-order valence-electron chi connectivity index (χ4n) is 2.32. The summed E-state index contributed by atoms with van der Waals surface area (Å²) in [6.45, 7) is 5.57. The van der Waals surface area contributed by atoms with E-state index in [1.165, 1.54) is 0 Å². The van der Waals surface area contributed by atoms with Crippen LogP contribution < -0.4 is 5.32 Å². The van der Waals surface area contributed by atoms with Gasteiger partial charge in [-0.1, -0.05) is 11.6 Å². The molecular weight excluding hydrogens is 278 g/mol. The number of aryl methyl sites for hydroxylation is 1. The molecule has 1 aliphatic rings. The highest BCUT2D eigenvalue weighted by atomic mass is 35.5. The Kier molecular flexibility index (Phi) is 4.91. The highest BCUT2D eigenvalue weighted by Gasteiger charge is 2.22. The quantitative estimate of drug-likeness (QED) is 0.658. The zero-order chi connectivity index (χ0) is 14.7. The second-order valence-corrected chi connectivity index (χ2v) is 5.58. The number of nitrogens with zero attached hydrogens (tertiary/aromatic N) is 4. The Morgan fingerprint density at radius 3 is 2.85 bits per heavy atom. The number of carbonyl (C=O) groups excluding carboxylic acids is 1. The molecule has 0 amide bonds. The number of nitrogens with one attached hydrogen (secondary N) is 1. The highest BCUT2D eigenvalue weighted by Crippen LogP contribution is 2.19. The predicted octanol–water partition coefficient (Wildman–Crippen LogP) is 0.909. The first kappa shape index (κ1) is 15.2. The van der Waals surface area contributed by atoms with Crippen LogP contribution in [0, 0.1) is 6.92 Å². The van der Waals surface area contributed by atoms with Gasteiger partial charge >= 0.3 is 0 Å². The average Bonchev–Trinajstić information content (AvgIpc) is 2.39. The monoisotopic (exact) mass is 297 g/mol. The Balaban J connectivity index is 2.08. The molecule has 0 bridgehead atoms. The van der Waals surface area contributed by atoms with Crippen molar-refractivity contribution >= 4 is 23.7 Å². The molecule has 7 heteroatoms. The number of aldehydes is 1. The molecule has 0 aliphatic carbocycles. The fourth-order valence-corrected chi connectivity index (χ4v) is 2.58. The van der Waals surface area contributed by atoms with Gasteiger partial charge in [0.15, 0.2) is 6.29 Å². The largest absolute Gasteiger partial charge is 0.368 e. The zero-order valence-corrected chi connectivity index (χ0v) is 12.8. The van der Waals surface area contributed by atoms with Crippen LogP contribution in [-0.4, -0.2) is 72.4 Å². The summed E-state index contributed by atoms with van der Waals surface area (Å²) in [5.41, 5.74) is 0.323. The van der Waals surface area contributed by atoms with Gasteiger partial charge in [-0.15, -0.1) is 0 Å². The van der Waals surface area contributed by atoms with Crippen LogP contribution in [0.3, 0.4) is 0 Å². The molecule has 2 heterocycles. The molecular formula is C13H20ClN5O. The van der Waals surface area contributed by atoms with Crippen molar-refractivity contribution in [1.29, 1.82) is 0 Å². The van der Waals surface area contributed by atoms with Crippen molar-refractivity contribution in [2.45, 2.75) is 13.0 Å². The van der Waals surface area contributed by atoms with Crippen molar-refractivity contribution < 1.29 is 4.79 Å². The minimum Gasteiger partial charge on any atom is -0.368 e. The Morgan fingerprint density at radius 1 is 1.40 bits per heavy atom. The molecule has 1 aromatic heterocycles. The summed E-state index contributed by atoms with van der Waals surface area (Å²) in [6.07, 6.45) is 0.695. The van der Waals surface area contributed by atoms with Crippen molar-refractivity contribution in [2.75, 3.05) is 45.6 Å². The molecule has 0 radical (unpaired) electrons. The standard InChI is InChI=1S/C13H20ClN5O/c1-9-16-12(14)11(8-20)13(17-9)15-6-10-7-18(2)4-5-19(10)3/h8,10H,4-7H2,1-3H3,(H,15,16,17). The number of hydrogen-bond acceptors (Lipinski definition) is 6. The van der Waals surface area contributed by atoms with Gasteiger partial charge in [-0.2, -0.15) is 0 Å². The molecule has 1 unspecified atom stereocenters. The van der Waals surface area contributed by atoms with Crippen LogP contribution >= 0.6 is 11.6 Å². The van der Waals surface area contributed by atoms with Crippen molar-refractivity contribution in [3.05, 3.63) is 16.5 Å². The van der Waals surface area contributed by atoms with Crippen molar-refractivity contribution in [1.82, 2.24) is 19.8 Å². The van der Waals surface area contributed by atoms with E-state index in [1.807, 2.05) is 0 Å². The van der Waals surface area contributed by atoms with E-state index in [9.17, 15) is 4.79 Å². The molecule has 2 rings (SSSR count). The second-order valence-electron chi connectivity index (χ2n) is 5.22. The molecule has 0 aromatic carbocycles. The molecule has 0 spiro atoms. The molecule has 20 heavy (non-hydrogen) atoms. The van der Waals surface area contributed by atoms with Crippen LogP contribution in [0.2, 0.25) is 5.15 Å². The molecule has 1 N–H and O–H groups in total. The minimum absolute atomic E-state index is 0.198. The average molecular weight is 298 g/mol. The number of carbonyl (C=O) groups is 1. The molecule has 1 aromatic rings. The highest BCUT2D eigenvalue weighted by molar-refractivity contribution is 6.32. The van der Waals surface area contributed by atoms with Gasteiger partial charge < -0.3 is 10.2 Å². The van der Waals surface area contributed by atoms with Gasteiger partial charge in [0.05, 0.1) is 5.56 Å². The van der Waals surface area contributed by atoms with Gasteiger partial charge in [0.25, 0.3) is 0 Å². The van der Waals surface area contributed by atoms with Crippen LogP contribution in [0.1, 0.15) is 16.2 Å². The van der Waals surface area contributed by atoms with Gasteiger partial charge in [0.1, 0.15) is 16.8 Å². The van der Waals surface area contributed by atoms with E-state index in [4.69, 9.17) is 11.6 Å². The van der Waals surface area contributed by atoms with Gasteiger partial charge in [-0.25, -0.2) is 9.97 Å². The maximum Gasteiger partial charge on any atom is 0.156 e. The van der Waals surface area contributed by atoms with E-state index in [0.29, 0.717) is 36.1 Å². The summed E-state index contributed by atoms with van der Waals surface area (Å²) in [4.78, 5) is 24.0. The number of halogens is 1. The molecule has 1 aliphatic heterocycles. The van der Waals surface area contributed by atoms with E-state index in [2.05, 4.69) is 39.2 Å². The third-order valence-corrected chi connectivity index (χ3v) is 3.90. The van der Waals surface area contributed by atoms with E-state index < -0.39 is 0 Å². The maximum atomic E-state index is 11.1. The summed E-state index contributed by atoms with van der Waals surface area (Å²) in [6, 6.07) is 0.377. The molecule has 1 saturated heterocycles. The topological polar surface area (TPSA) is 61.4 Å². The second kappa shape index (κ2) is 6.47. The third-order valence-electron chi connectivity index (χ3n) is 3.61. The van der Waals surface area contributed by atoms with Crippen molar-refractivity contribution in [3.8, 4) is 0 Å². The van der Waals surface area contributed by atoms with Gasteiger partial charge in [-0.3, -0.25) is 9.69 Å². The first-order valence-corrected chi connectivity index (χ1v) is 7.01. The van der Waals surface area contributed by atoms with Gasteiger partial charge in [-0.05, 0) is 21.0 Å². The first-order valence-electron chi connectivity index (χ1n) is 6.63. The summed E-state index contributed by atoms with van der Waals surface area (Å²) >= 11 is 5.97. The van der Waals surface area contributed by atoms with Crippen LogP contribution in [0.4, 0.5) is 5.82 Å². The summed E-state index contributed by atoms with van der Waals surface area (Å²) in [5.74, 6) is 1.07. The fraction of sp³-hybridized carbons (Fsp3) is 0.615. The summed E-state index contributed by atoms with van der Waals surface area (Å²) in [7, 11) is 4.22. The van der Waals surface area contributed by atoms with E-state index in [-0.39, 0.29) is 5.15 Å². The van der Waals surface area contributed by atoms with Gasteiger partial charge in [0.2, 0.25) is 0 Å². The lowest BCUT2D eigenvalue weighted by atomic mass is 10.2. The van der Waals surface area contributed by atoms with Crippen LogP contribution in [0.5, 0.6) is 0 Å². The molecule has 110 valence electrons. The molecule has 1 atom stereocenters. The Morgan fingerprint density at radius 2 is 2.15 bits per heavy atom. The van der Waals surface area contributed by atoms with E-state index in [0.717, 1.165) is 19.6 Å². The smallest absolute Gasteiger partial charge is 0.156 e. The predicted molar refractivity (Wildman–Crippen MR) is 79.6 cm³/mol. The Bertz CT molecular complexity index is 496. The Hall–Kier alpha value is -1.24. The number of likely N-dealkylation sites (N-methyl/N-ethyl adjacent to an activating group) is 2. The minimum atomic E-state index is 0.198. The Labute approximate surface area is 124 Å².